The van der Waals surface area contributed by atoms with E-state index >= 15 is 0 Å². The van der Waals surface area contributed by atoms with Gasteiger partial charge in [0.2, 0.25) is 0 Å². The van der Waals surface area contributed by atoms with E-state index in [1.54, 1.807) is 0 Å². The SMILES string of the molecule is C[n+]1ccc(SCSc2cc[n+](C)cc2)cc1. The van der Waals surface area contributed by atoms with Gasteiger partial charge in [-0.05, 0) is 0 Å². The Balaban J connectivity index is 1.83. The lowest BCUT2D eigenvalue weighted by molar-refractivity contribution is -0.671. The predicted octanol–water partition coefficient (Wildman–Crippen LogP) is 2.18. The monoisotopic (exact) mass is 264 g/mol. The van der Waals surface area contributed by atoms with Crippen molar-refractivity contribution in [3.8, 4) is 0 Å². The number of hydrogen-bond donors (Lipinski definition) is 0. The Bertz CT molecular complexity index is 420. The van der Waals surface area contributed by atoms with Gasteiger partial charge in [0.05, 0.1) is 0 Å². The summed E-state index contributed by atoms with van der Waals surface area (Å²) in [6, 6.07) is 8.60. The van der Waals surface area contributed by atoms with E-state index in [1.807, 2.05) is 46.8 Å². The first-order valence-electron chi connectivity index (χ1n) is 5.40. The lowest BCUT2D eigenvalue weighted by Crippen LogP contribution is -2.25. The molecular weight excluding hydrogens is 248 g/mol. The third-order valence-corrected chi connectivity index (χ3v) is 4.50. The van der Waals surface area contributed by atoms with Crippen molar-refractivity contribution < 1.29 is 9.13 Å². The maximum Gasteiger partial charge on any atom is 0.169 e. The fraction of sp³-hybridized carbons (Fsp3) is 0.231. The largest absolute Gasteiger partial charge is 0.208 e. The second-order valence-electron chi connectivity index (χ2n) is 3.81. The van der Waals surface area contributed by atoms with Gasteiger partial charge in [-0.2, -0.15) is 0 Å². The lowest BCUT2D eigenvalue weighted by atomic mass is 10.5. The summed E-state index contributed by atoms with van der Waals surface area (Å²) in [6.45, 7) is 0. The summed E-state index contributed by atoms with van der Waals surface area (Å²) >= 11 is 3.74. The van der Waals surface area contributed by atoms with Gasteiger partial charge in [-0.1, -0.05) is 0 Å². The summed E-state index contributed by atoms with van der Waals surface area (Å²) < 4.78 is 4.10. The number of pyridine rings is 2. The van der Waals surface area contributed by atoms with Gasteiger partial charge in [-0.15, -0.1) is 23.5 Å². The molecule has 0 spiro atoms. The average Bonchev–Trinajstić information content (AvgIpc) is 2.34. The van der Waals surface area contributed by atoms with Crippen molar-refractivity contribution >= 4 is 23.5 Å². The molecule has 0 aliphatic heterocycles. The van der Waals surface area contributed by atoms with Crippen LogP contribution in [0, 0.1) is 0 Å². The minimum absolute atomic E-state index is 1.04. The van der Waals surface area contributed by atoms with Gasteiger partial charge in [0.1, 0.15) is 14.1 Å². The zero-order chi connectivity index (χ0) is 12.1. The minimum Gasteiger partial charge on any atom is -0.208 e. The van der Waals surface area contributed by atoms with Crippen molar-refractivity contribution in [2.75, 3.05) is 5.08 Å². The standard InChI is InChI=1S/C13H16N2S2/c1-14-7-3-12(4-8-14)16-11-17-13-5-9-15(2)10-6-13/h3-10H,11H2,1-2H3/q+2. The van der Waals surface area contributed by atoms with E-state index in [0.717, 1.165) is 5.08 Å². The highest BCUT2D eigenvalue weighted by atomic mass is 32.2. The number of nitrogens with zero attached hydrogens (tertiary/aromatic N) is 2. The molecule has 0 aliphatic rings. The Labute approximate surface area is 111 Å². The molecule has 0 bridgehead atoms. The molecule has 2 aromatic rings. The third kappa shape index (κ3) is 4.06. The summed E-state index contributed by atoms with van der Waals surface area (Å²) in [5, 5.41) is 1.04. The highest BCUT2D eigenvalue weighted by molar-refractivity contribution is 8.16. The molecule has 2 aromatic heterocycles. The van der Waals surface area contributed by atoms with Crippen LogP contribution < -0.4 is 9.13 Å². The van der Waals surface area contributed by atoms with Gasteiger partial charge < -0.3 is 0 Å². The number of thioether (sulfide) groups is 2. The van der Waals surface area contributed by atoms with Crippen molar-refractivity contribution in [1.29, 1.82) is 0 Å². The molecule has 0 radical (unpaired) electrons. The number of aryl methyl sites for hydroxylation is 2. The quantitative estimate of drug-likeness (QED) is 0.475. The third-order valence-electron chi connectivity index (χ3n) is 2.35. The molecule has 4 heteroatoms. The van der Waals surface area contributed by atoms with Gasteiger partial charge in [0.15, 0.2) is 24.8 Å². The topological polar surface area (TPSA) is 7.76 Å². The molecule has 0 saturated carbocycles. The highest BCUT2D eigenvalue weighted by Crippen LogP contribution is 2.26. The number of hydrogen-bond acceptors (Lipinski definition) is 2. The molecule has 2 heterocycles. The van der Waals surface area contributed by atoms with E-state index < -0.39 is 0 Å². The molecule has 0 aromatic carbocycles. The van der Waals surface area contributed by atoms with Crippen LogP contribution in [0.5, 0.6) is 0 Å². The Hall–Kier alpha value is -1.00. The molecule has 0 fully saturated rings. The van der Waals surface area contributed by atoms with E-state index in [4.69, 9.17) is 0 Å². The van der Waals surface area contributed by atoms with Gasteiger partial charge in [-0.25, -0.2) is 9.13 Å². The molecule has 0 amide bonds. The van der Waals surface area contributed by atoms with E-state index in [-0.39, 0.29) is 0 Å². The van der Waals surface area contributed by atoms with Crippen LogP contribution in [-0.4, -0.2) is 5.08 Å². The molecule has 0 atom stereocenters. The van der Waals surface area contributed by atoms with Crippen LogP contribution in [0.15, 0.2) is 58.8 Å². The van der Waals surface area contributed by atoms with E-state index in [9.17, 15) is 0 Å². The first-order chi connectivity index (χ1) is 8.24. The van der Waals surface area contributed by atoms with Crippen molar-refractivity contribution in [2.45, 2.75) is 9.79 Å². The molecule has 17 heavy (non-hydrogen) atoms. The zero-order valence-corrected chi connectivity index (χ0v) is 11.7. The summed E-state index contributed by atoms with van der Waals surface area (Å²) in [5.74, 6) is 0. The Morgan fingerprint density at radius 3 is 1.47 bits per heavy atom. The minimum atomic E-state index is 1.04. The van der Waals surface area contributed by atoms with E-state index in [1.165, 1.54) is 9.79 Å². The van der Waals surface area contributed by atoms with Crippen molar-refractivity contribution in [1.82, 2.24) is 0 Å². The van der Waals surface area contributed by atoms with Gasteiger partial charge >= 0.3 is 0 Å². The fourth-order valence-electron chi connectivity index (χ4n) is 1.33. The Morgan fingerprint density at radius 2 is 1.12 bits per heavy atom. The summed E-state index contributed by atoms with van der Waals surface area (Å²) in [4.78, 5) is 2.63. The first kappa shape index (κ1) is 12.5. The summed E-state index contributed by atoms with van der Waals surface area (Å²) in [6.07, 6.45) is 8.32. The van der Waals surface area contributed by atoms with Crippen LogP contribution in [0.25, 0.3) is 0 Å². The van der Waals surface area contributed by atoms with Crippen molar-refractivity contribution in [3.05, 3.63) is 49.1 Å². The van der Waals surface area contributed by atoms with Gasteiger partial charge in [0, 0.05) is 39.1 Å². The van der Waals surface area contributed by atoms with Gasteiger partial charge in [0.25, 0.3) is 0 Å². The number of aromatic nitrogens is 2. The van der Waals surface area contributed by atoms with Gasteiger partial charge in [-0.3, -0.25) is 0 Å². The van der Waals surface area contributed by atoms with Crippen LogP contribution in [-0.2, 0) is 14.1 Å². The molecule has 0 aliphatic carbocycles. The predicted molar refractivity (Wildman–Crippen MR) is 71.8 cm³/mol. The van der Waals surface area contributed by atoms with Crippen molar-refractivity contribution in [3.63, 3.8) is 0 Å². The Kier molecular flexibility index (Phi) is 4.45. The van der Waals surface area contributed by atoms with E-state index in [0.29, 0.717) is 0 Å². The Morgan fingerprint density at radius 1 is 0.765 bits per heavy atom. The van der Waals surface area contributed by atoms with E-state index in [2.05, 4.69) is 49.1 Å². The lowest BCUT2D eigenvalue weighted by Gasteiger charge is -2.00. The van der Waals surface area contributed by atoms with Crippen LogP contribution in [0.3, 0.4) is 0 Å². The average molecular weight is 264 g/mol. The molecule has 0 N–H and O–H groups in total. The second-order valence-corrected chi connectivity index (χ2v) is 6.27. The number of rotatable bonds is 4. The van der Waals surface area contributed by atoms with Crippen LogP contribution in [0.2, 0.25) is 0 Å². The van der Waals surface area contributed by atoms with Crippen molar-refractivity contribution in [2.24, 2.45) is 14.1 Å². The maximum absolute atomic E-state index is 2.15. The molecule has 88 valence electrons. The second kappa shape index (κ2) is 6.07. The smallest absolute Gasteiger partial charge is 0.169 e. The first-order valence-corrected chi connectivity index (χ1v) is 7.37. The fourth-order valence-corrected chi connectivity index (χ4v) is 3.29. The highest BCUT2D eigenvalue weighted by Gasteiger charge is 1.99. The maximum atomic E-state index is 2.15. The molecule has 2 nitrogen and oxygen atoms in total. The zero-order valence-electron chi connectivity index (χ0n) is 10.0. The van der Waals surface area contributed by atoms with Crippen LogP contribution >= 0.6 is 23.5 Å². The summed E-state index contributed by atoms with van der Waals surface area (Å²) in [7, 11) is 4.07. The van der Waals surface area contributed by atoms with Crippen LogP contribution in [0.4, 0.5) is 0 Å². The molecule has 0 unspecified atom stereocenters. The van der Waals surface area contributed by atoms with Crippen LogP contribution in [0.1, 0.15) is 0 Å². The normalized spacial score (nSPS) is 10.5. The molecule has 0 saturated heterocycles. The summed E-state index contributed by atoms with van der Waals surface area (Å²) in [5.41, 5.74) is 0. The molecule has 2 rings (SSSR count). The molecular formula is C13H16N2S2+2.